The predicted molar refractivity (Wildman–Crippen MR) is 81.7 cm³/mol. The average Bonchev–Trinajstić information content (AvgIpc) is 2.51. The summed E-state index contributed by atoms with van der Waals surface area (Å²) >= 11 is 4.31. The Bertz CT molecular complexity index is 610. The van der Waals surface area contributed by atoms with E-state index in [-0.39, 0.29) is 9.63 Å². The Morgan fingerprint density at radius 2 is 1.95 bits per heavy atom. The van der Waals surface area contributed by atoms with Gasteiger partial charge in [0.05, 0.1) is 12.3 Å². The van der Waals surface area contributed by atoms with Crippen molar-refractivity contribution in [1.82, 2.24) is 9.55 Å². The van der Waals surface area contributed by atoms with Crippen LogP contribution in [0, 0.1) is 6.92 Å². The molecule has 0 spiro atoms. The van der Waals surface area contributed by atoms with E-state index in [1.54, 1.807) is 13.2 Å². The third-order valence-electron chi connectivity index (χ3n) is 3.50. The quantitative estimate of drug-likeness (QED) is 0.379. The molecule has 8 nitrogen and oxygen atoms in total. The van der Waals surface area contributed by atoms with Crippen molar-refractivity contribution in [3.63, 3.8) is 0 Å². The molecule has 0 radical (unpaired) electrons. The summed E-state index contributed by atoms with van der Waals surface area (Å²) < 4.78 is 6.73. The van der Waals surface area contributed by atoms with Gasteiger partial charge in [0.1, 0.15) is 28.9 Å². The van der Waals surface area contributed by atoms with Gasteiger partial charge in [-0.25, -0.2) is 4.98 Å². The minimum Gasteiger partial charge on any atom is -0.394 e. The van der Waals surface area contributed by atoms with E-state index in [0.29, 0.717) is 5.69 Å². The minimum atomic E-state index is -1.56. The lowest BCUT2D eigenvalue weighted by molar-refractivity contribution is -0.254. The summed E-state index contributed by atoms with van der Waals surface area (Å²) in [7, 11) is 0. The molecular formula is C12H17BrN2O6S. The molecule has 1 aromatic rings. The molecular weight excluding hydrogens is 380 g/mol. The Hall–Kier alpha value is -0.490. The molecule has 4 N–H and O–H groups in total. The third-order valence-corrected chi connectivity index (χ3v) is 5.06. The predicted octanol–water partition coefficient (Wildman–Crippen LogP) is -0.991. The summed E-state index contributed by atoms with van der Waals surface area (Å²) in [5, 5.41) is 39.3. The van der Waals surface area contributed by atoms with Crippen LogP contribution < -0.4 is 5.56 Å². The molecule has 1 aliphatic heterocycles. The zero-order chi connectivity index (χ0) is 16.6. The molecule has 1 fully saturated rings. The fourth-order valence-electron chi connectivity index (χ4n) is 2.26. The zero-order valence-electron chi connectivity index (χ0n) is 11.9. The van der Waals surface area contributed by atoms with Gasteiger partial charge in [-0.3, -0.25) is 9.36 Å². The molecule has 0 saturated carbocycles. The van der Waals surface area contributed by atoms with E-state index in [2.05, 4.69) is 20.9 Å². The molecule has 1 aromatic heterocycles. The van der Waals surface area contributed by atoms with Crippen LogP contribution in [0.15, 0.2) is 14.4 Å². The Balaban J connectivity index is 2.55. The van der Waals surface area contributed by atoms with E-state index >= 15 is 0 Å². The van der Waals surface area contributed by atoms with E-state index in [0.717, 1.165) is 4.57 Å². The summed E-state index contributed by atoms with van der Waals surface area (Å²) in [6.07, 6.45) is -5.24. The van der Waals surface area contributed by atoms with Crippen molar-refractivity contribution < 1.29 is 25.2 Å². The van der Waals surface area contributed by atoms with Gasteiger partial charge in [0.2, 0.25) is 0 Å². The van der Waals surface area contributed by atoms with Crippen LogP contribution in [-0.2, 0) is 4.74 Å². The Kier molecular flexibility index (Phi) is 5.64. The lowest BCUT2D eigenvalue weighted by Crippen LogP contribution is -2.57. The van der Waals surface area contributed by atoms with E-state index < -0.39 is 42.8 Å². The van der Waals surface area contributed by atoms with Gasteiger partial charge < -0.3 is 25.2 Å². The van der Waals surface area contributed by atoms with Crippen molar-refractivity contribution in [2.75, 3.05) is 12.9 Å². The maximum absolute atomic E-state index is 12.5. The van der Waals surface area contributed by atoms with Gasteiger partial charge in [0.15, 0.2) is 11.4 Å². The highest BCUT2D eigenvalue weighted by Gasteiger charge is 2.45. The van der Waals surface area contributed by atoms with Crippen molar-refractivity contribution >= 4 is 27.7 Å². The first-order valence-electron chi connectivity index (χ1n) is 6.46. The molecule has 5 atom stereocenters. The van der Waals surface area contributed by atoms with Crippen molar-refractivity contribution in [1.29, 1.82) is 0 Å². The lowest BCUT2D eigenvalue weighted by Gasteiger charge is -2.40. The second-order valence-corrected chi connectivity index (χ2v) is 6.46. The summed E-state index contributed by atoms with van der Waals surface area (Å²) in [4.78, 5) is 16.7. The second-order valence-electron chi connectivity index (χ2n) is 4.89. The first kappa shape index (κ1) is 17.9. The van der Waals surface area contributed by atoms with Crippen LogP contribution in [0.4, 0.5) is 0 Å². The van der Waals surface area contributed by atoms with Crippen LogP contribution in [0.25, 0.3) is 0 Å². The second kappa shape index (κ2) is 6.95. The van der Waals surface area contributed by atoms with Gasteiger partial charge in [0, 0.05) is 0 Å². The molecule has 0 unspecified atom stereocenters. The van der Waals surface area contributed by atoms with Crippen molar-refractivity contribution in [3.05, 3.63) is 20.5 Å². The molecule has 0 amide bonds. The summed E-state index contributed by atoms with van der Waals surface area (Å²) in [6.45, 7) is 1.09. The molecule has 0 aromatic carbocycles. The van der Waals surface area contributed by atoms with Gasteiger partial charge in [-0.05, 0) is 29.1 Å². The number of ether oxygens (including phenoxy) is 1. The molecule has 1 aliphatic rings. The van der Waals surface area contributed by atoms with E-state index in [1.165, 1.54) is 11.8 Å². The number of aryl methyl sites for hydroxylation is 1. The molecule has 2 rings (SSSR count). The van der Waals surface area contributed by atoms with E-state index in [4.69, 9.17) is 4.74 Å². The highest BCUT2D eigenvalue weighted by atomic mass is 79.9. The monoisotopic (exact) mass is 396 g/mol. The number of aliphatic hydroxyl groups is 4. The van der Waals surface area contributed by atoms with Gasteiger partial charge in [-0.2, -0.15) is 0 Å². The van der Waals surface area contributed by atoms with Gasteiger partial charge in [-0.15, -0.1) is 0 Å². The van der Waals surface area contributed by atoms with Crippen molar-refractivity contribution in [2.45, 2.75) is 42.7 Å². The van der Waals surface area contributed by atoms with Crippen LogP contribution in [0.3, 0.4) is 0 Å². The van der Waals surface area contributed by atoms with Crippen LogP contribution in [0.2, 0.25) is 0 Å². The first-order valence-corrected chi connectivity index (χ1v) is 8.48. The number of thioether (sulfide) groups is 1. The molecule has 0 aliphatic carbocycles. The minimum absolute atomic E-state index is 0.210. The highest BCUT2D eigenvalue weighted by Crippen LogP contribution is 2.30. The molecule has 1 saturated heterocycles. The number of hydrogen-bond donors (Lipinski definition) is 4. The van der Waals surface area contributed by atoms with E-state index in [9.17, 15) is 25.2 Å². The fraction of sp³-hybridized carbons (Fsp3) is 0.667. The topological polar surface area (TPSA) is 125 Å². The number of nitrogens with zero attached hydrogens (tertiary/aromatic N) is 2. The number of rotatable bonds is 3. The van der Waals surface area contributed by atoms with Gasteiger partial charge in [-0.1, -0.05) is 11.8 Å². The Morgan fingerprint density at radius 1 is 1.32 bits per heavy atom. The standard InChI is InChI=1S/C12H17BrN2O6S/c1-4-6(13)10(20)15(12(14-4)22-2)11-9(19)8(18)7(17)5(3-16)21-11/h5,7-9,11,16-19H,3H2,1-2H3/t5-,7+,8+,9-,11-/m1/s1. The normalized spacial score (nSPS) is 32.2. The lowest BCUT2D eigenvalue weighted by atomic mass is 9.98. The summed E-state index contributed by atoms with van der Waals surface area (Å²) in [5.74, 6) is 0. The number of aliphatic hydroxyl groups excluding tert-OH is 4. The van der Waals surface area contributed by atoms with Crippen LogP contribution in [0.5, 0.6) is 0 Å². The third kappa shape index (κ3) is 2.96. The number of halogens is 1. The average molecular weight is 397 g/mol. The number of hydrogen-bond acceptors (Lipinski definition) is 8. The summed E-state index contributed by atoms with van der Waals surface area (Å²) in [6, 6.07) is 0. The molecule has 0 bridgehead atoms. The van der Waals surface area contributed by atoms with Crippen LogP contribution in [-0.4, -0.2) is 67.3 Å². The highest BCUT2D eigenvalue weighted by molar-refractivity contribution is 9.10. The summed E-state index contributed by atoms with van der Waals surface area (Å²) in [5.41, 5.74) is -0.00336. The maximum Gasteiger partial charge on any atom is 0.270 e. The molecule has 10 heteroatoms. The number of aromatic nitrogens is 2. The first-order chi connectivity index (χ1) is 10.3. The maximum atomic E-state index is 12.5. The Morgan fingerprint density at radius 3 is 2.50 bits per heavy atom. The van der Waals surface area contributed by atoms with Crippen LogP contribution in [0.1, 0.15) is 11.9 Å². The van der Waals surface area contributed by atoms with Crippen molar-refractivity contribution in [2.24, 2.45) is 0 Å². The fourth-order valence-corrected chi connectivity index (χ4v) is 3.15. The van der Waals surface area contributed by atoms with Crippen molar-refractivity contribution in [3.8, 4) is 0 Å². The van der Waals surface area contributed by atoms with Crippen LogP contribution >= 0.6 is 27.7 Å². The van der Waals surface area contributed by atoms with Gasteiger partial charge in [0.25, 0.3) is 5.56 Å². The molecule has 2 heterocycles. The van der Waals surface area contributed by atoms with Gasteiger partial charge >= 0.3 is 0 Å². The largest absolute Gasteiger partial charge is 0.394 e. The zero-order valence-corrected chi connectivity index (χ0v) is 14.3. The molecule has 22 heavy (non-hydrogen) atoms. The Labute approximate surface area is 138 Å². The molecule has 124 valence electrons. The SMILES string of the molecule is CSc1nc(C)c(Br)c(=O)n1[C@@H]1O[C@H](CO)[C@H](O)[C@H](O)[C@H]1O. The van der Waals surface area contributed by atoms with E-state index in [1.807, 2.05) is 0 Å². The smallest absolute Gasteiger partial charge is 0.270 e.